The molecule has 0 unspecified atom stereocenters. The molecule has 0 bridgehead atoms. The van der Waals surface area contributed by atoms with Gasteiger partial charge in [0.1, 0.15) is 73.1 Å². The standard InChI is InChI=1S/C31H52N4O21/c1-9(17(32)27(47)48)52-29-20(35-12(4)40)25(55-28-19(34-11(3)39)24(46)22(44)15(7-37)53-28)23(45)16(54-29)8-51-31(30(49)50)5-13(41)18(33-10(2)38)26(56-31)21(43)14(42)6-36/h9,13-26,28-29,36-37,41-46H,5-8,32H2,1-4H3,(H,33,38)(H,34,39)(H,35,40)(H,47,48)(H,49,50)/t9-,13+,14-,15-,16-,17+,18-,19-,20-,21-,22+,23+,24-,25-,26-,28-,29+,31-/m1/s1. The van der Waals surface area contributed by atoms with Crippen LogP contribution in [0.2, 0.25) is 0 Å². The van der Waals surface area contributed by atoms with Crippen LogP contribution in [-0.2, 0) is 52.4 Å². The summed E-state index contributed by atoms with van der Waals surface area (Å²) in [6.45, 7) is 1.37. The number of hydrogen-bond donors (Lipinski definition) is 14. The van der Waals surface area contributed by atoms with Crippen molar-refractivity contribution in [1.82, 2.24) is 16.0 Å². The van der Waals surface area contributed by atoms with Crippen molar-refractivity contribution >= 4 is 29.7 Å². The fourth-order valence-corrected chi connectivity index (χ4v) is 6.45. The predicted molar refractivity (Wildman–Crippen MR) is 177 cm³/mol. The molecule has 25 nitrogen and oxygen atoms in total. The second-order valence-electron chi connectivity index (χ2n) is 13.7. The summed E-state index contributed by atoms with van der Waals surface area (Å²) in [5.74, 6) is -8.68. The molecule has 322 valence electrons. The fourth-order valence-electron chi connectivity index (χ4n) is 6.45. The molecule has 25 heteroatoms. The van der Waals surface area contributed by atoms with E-state index in [1.54, 1.807) is 0 Å². The second kappa shape index (κ2) is 19.9. The molecule has 56 heavy (non-hydrogen) atoms. The van der Waals surface area contributed by atoms with Crippen LogP contribution in [0.15, 0.2) is 0 Å². The van der Waals surface area contributed by atoms with Gasteiger partial charge in [-0.2, -0.15) is 0 Å². The van der Waals surface area contributed by atoms with Crippen molar-refractivity contribution in [2.24, 2.45) is 5.73 Å². The van der Waals surface area contributed by atoms with Gasteiger partial charge >= 0.3 is 11.9 Å². The van der Waals surface area contributed by atoms with Crippen molar-refractivity contribution in [2.45, 2.75) is 144 Å². The number of carboxylic acids is 2. The molecule has 0 spiro atoms. The number of nitrogens with one attached hydrogen (secondary N) is 3. The van der Waals surface area contributed by atoms with Gasteiger partial charge in [0.25, 0.3) is 5.79 Å². The molecule has 3 fully saturated rings. The molecule has 0 aliphatic carbocycles. The Kier molecular flexibility index (Phi) is 16.8. The van der Waals surface area contributed by atoms with Gasteiger partial charge in [0, 0.05) is 27.2 Å². The molecular weight excluding hydrogens is 764 g/mol. The normalized spacial score (nSPS) is 38.3. The predicted octanol–water partition coefficient (Wildman–Crippen LogP) is -8.11. The van der Waals surface area contributed by atoms with Gasteiger partial charge in [0.05, 0.1) is 38.1 Å². The van der Waals surface area contributed by atoms with Crippen molar-refractivity contribution in [3.8, 4) is 0 Å². The minimum atomic E-state index is -2.93. The maximum Gasteiger partial charge on any atom is 0.364 e. The van der Waals surface area contributed by atoms with Crippen LogP contribution in [0, 0.1) is 0 Å². The third-order valence-corrected chi connectivity index (χ3v) is 9.39. The lowest BCUT2D eigenvalue weighted by atomic mass is 9.88. The average molecular weight is 817 g/mol. The van der Waals surface area contributed by atoms with Crippen LogP contribution >= 0.6 is 0 Å². The molecular formula is C31H52N4O21. The van der Waals surface area contributed by atoms with Crippen LogP contribution < -0.4 is 21.7 Å². The fraction of sp³-hybridized carbons (Fsp3) is 0.839. The molecule has 0 saturated carbocycles. The molecule has 3 aliphatic rings. The Balaban J connectivity index is 2.08. The van der Waals surface area contributed by atoms with Gasteiger partial charge in [-0.25, -0.2) is 4.79 Å². The molecule has 0 aromatic rings. The Morgan fingerprint density at radius 2 is 1.38 bits per heavy atom. The Bertz CT molecular complexity index is 1380. The third kappa shape index (κ3) is 11.0. The summed E-state index contributed by atoms with van der Waals surface area (Å²) in [6.07, 6.45) is -24.7. The number of aliphatic hydroxyl groups is 8. The Morgan fingerprint density at radius 1 is 0.821 bits per heavy atom. The van der Waals surface area contributed by atoms with E-state index in [9.17, 15) is 75.0 Å². The number of hydrogen-bond acceptors (Lipinski definition) is 20. The summed E-state index contributed by atoms with van der Waals surface area (Å²) in [4.78, 5) is 60.9. The van der Waals surface area contributed by atoms with E-state index in [0.717, 1.165) is 20.8 Å². The summed E-state index contributed by atoms with van der Waals surface area (Å²) in [6, 6.07) is -6.46. The van der Waals surface area contributed by atoms with E-state index in [0.29, 0.717) is 0 Å². The molecule has 3 aliphatic heterocycles. The third-order valence-electron chi connectivity index (χ3n) is 9.39. The Hall–Kier alpha value is -3.25. The minimum Gasteiger partial charge on any atom is -0.480 e. The first-order valence-corrected chi connectivity index (χ1v) is 17.4. The van der Waals surface area contributed by atoms with E-state index in [4.69, 9.17) is 34.2 Å². The number of aliphatic hydroxyl groups excluding tert-OH is 8. The number of amides is 3. The maximum atomic E-state index is 12.8. The second-order valence-corrected chi connectivity index (χ2v) is 13.7. The highest BCUT2D eigenvalue weighted by Gasteiger charge is 2.58. The molecule has 15 N–H and O–H groups in total. The first-order chi connectivity index (χ1) is 26.1. The van der Waals surface area contributed by atoms with Crippen LogP contribution in [0.3, 0.4) is 0 Å². The zero-order valence-corrected chi connectivity index (χ0v) is 30.7. The van der Waals surface area contributed by atoms with Gasteiger partial charge in [-0.05, 0) is 6.92 Å². The molecule has 18 atom stereocenters. The average Bonchev–Trinajstić information content (AvgIpc) is 3.12. The Labute approximate surface area is 318 Å². The number of carboxylic acid groups (broad SMARTS) is 2. The van der Waals surface area contributed by atoms with E-state index < -0.39 is 166 Å². The lowest BCUT2D eigenvalue weighted by Gasteiger charge is -2.50. The molecule has 3 rings (SSSR count). The molecule has 0 aromatic heterocycles. The first kappa shape index (κ1) is 47.1. The summed E-state index contributed by atoms with van der Waals surface area (Å²) in [7, 11) is 0. The zero-order valence-electron chi connectivity index (χ0n) is 30.7. The number of carbonyl (C=O) groups excluding carboxylic acids is 3. The molecule has 3 amide bonds. The summed E-state index contributed by atoms with van der Waals surface area (Å²) in [5.41, 5.74) is 5.73. The van der Waals surface area contributed by atoms with Crippen LogP contribution in [-0.4, -0.2) is 210 Å². The van der Waals surface area contributed by atoms with Gasteiger partial charge in [-0.15, -0.1) is 0 Å². The smallest absolute Gasteiger partial charge is 0.364 e. The SMILES string of the molecule is CC(=O)N[C@H]1[C@@H](O[C@H]2[C@@H](O)[C@@H](CO[C@]3(C(=O)O)C[C@H](O)[C@@H](NC(C)=O)[C@H]([C@H](O)[C@H](O)CO)O3)O[C@H](O[C@H](C)[C@H](N)C(=O)O)[C@@H]2NC(C)=O)O[C@H](CO)[C@H](O)[C@@H]1O. The summed E-state index contributed by atoms with van der Waals surface area (Å²) < 4.78 is 34.6. The van der Waals surface area contributed by atoms with Gasteiger partial charge in [0.2, 0.25) is 17.7 Å². The molecule has 0 aromatic carbocycles. The van der Waals surface area contributed by atoms with E-state index in [2.05, 4.69) is 16.0 Å². The van der Waals surface area contributed by atoms with Crippen molar-refractivity contribution < 1.29 is 103 Å². The highest BCUT2D eigenvalue weighted by molar-refractivity contribution is 5.77. The Morgan fingerprint density at radius 3 is 1.89 bits per heavy atom. The number of rotatable bonds is 17. The monoisotopic (exact) mass is 816 g/mol. The van der Waals surface area contributed by atoms with Crippen LogP contribution in [0.5, 0.6) is 0 Å². The number of aliphatic carboxylic acids is 2. The van der Waals surface area contributed by atoms with Crippen molar-refractivity contribution in [3.05, 3.63) is 0 Å². The molecule has 0 radical (unpaired) electrons. The summed E-state index contributed by atoms with van der Waals surface area (Å²) >= 11 is 0. The maximum absolute atomic E-state index is 12.8. The van der Waals surface area contributed by atoms with E-state index in [1.807, 2.05) is 0 Å². The number of nitrogens with two attached hydrogens (primary N) is 1. The largest absolute Gasteiger partial charge is 0.480 e. The zero-order chi connectivity index (χ0) is 42.4. The van der Waals surface area contributed by atoms with E-state index in [1.165, 1.54) is 6.92 Å². The molecule has 3 heterocycles. The number of carbonyl (C=O) groups is 5. The van der Waals surface area contributed by atoms with E-state index >= 15 is 0 Å². The van der Waals surface area contributed by atoms with E-state index in [-0.39, 0.29) is 0 Å². The van der Waals surface area contributed by atoms with Gasteiger partial charge in [-0.3, -0.25) is 19.2 Å². The summed E-state index contributed by atoms with van der Waals surface area (Å²) in [5, 5.41) is 111. The van der Waals surface area contributed by atoms with Crippen LogP contribution in [0.4, 0.5) is 0 Å². The first-order valence-electron chi connectivity index (χ1n) is 17.4. The lowest BCUT2D eigenvalue weighted by Crippen LogP contribution is -2.71. The van der Waals surface area contributed by atoms with Gasteiger partial charge in [-0.1, -0.05) is 0 Å². The van der Waals surface area contributed by atoms with Crippen LogP contribution in [0.25, 0.3) is 0 Å². The van der Waals surface area contributed by atoms with Gasteiger partial charge < -0.3 is 101 Å². The lowest BCUT2D eigenvalue weighted by molar-refractivity contribution is -0.348. The van der Waals surface area contributed by atoms with Crippen LogP contribution in [0.1, 0.15) is 34.1 Å². The van der Waals surface area contributed by atoms with Crippen molar-refractivity contribution in [2.75, 3.05) is 19.8 Å². The van der Waals surface area contributed by atoms with Crippen molar-refractivity contribution in [3.63, 3.8) is 0 Å². The highest BCUT2D eigenvalue weighted by Crippen LogP contribution is 2.36. The van der Waals surface area contributed by atoms with Crippen molar-refractivity contribution in [1.29, 1.82) is 0 Å². The van der Waals surface area contributed by atoms with Gasteiger partial charge in [0.15, 0.2) is 12.6 Å². The quantitative estimate of drug-likeness (QED) is 0.0648. The highest BCUT2D eigenvalue weighted by atomic mass is 16.8. The number of ether oxygens (including phenoxy) is 6. The topological polar surface area (TPSA) is 405 Å². The molecule has 3 saturated heterocycles. The minimum absolute atomic E-state index is 0.750.